The average Bonchev–Trinajstić information content (AvgIpc) is 2.42. The summed E-state index contributed by atoms with van der Waals surface area (Å²) >= 11 is 0. The van der Waals surface area contributed by atoms with Gasteiger partial charge in [0.2, 0.25) is 0 Å². The number of hydrogen-bond donors (Lipinski definition) is 2. The molecule has 0 saturated carbocycles. The van der Waals surface area contributed by atoms with Gasteiger partial charge in [0.15, 0.2) is 0 Å². The number of nitrogens with one attached hydrogen (secondary N) is 2. The van der Waals surface area contributed by atoms with E-state index in [0.717, 1.165) is 0 Å². The van der Waals surface area contributed by atoms with Gasteiger partial charge in [0.05, 0.1) is 19.4 Å². The van der Waals surface area contributed by atoms with Crippen LogP contribution in [-0.4, -0.2) is 31.8 Å². The van der Waals surface area contributed by atoms with Gasteiger partial charge in [-0.15, -0.1) is 0 Å². The minimum absolute atomic E-state index is 0.0493. The predicted octanol–water partition coefficient (Wildman–Crippen LogP) is 2.72. The Morgan fingerprint density at radius 3 is 2.59 bits per heavy atom. The van der Waals surface area contributed by atoms with Crippen molar-refractivity contribution in [3.63, 3.8) is 0 Å². The van der Waals surface area contributed by atoms with Gasteiger partial charge in [-0.1, -0.05) is 19.1 Å². The lowest BCUT2D eigenvalue weighted by Gasteiger charge is -2.12. The summed E-state index contributed by atoms with van der Waals surface area (Å²) in [7, 11) is 1.24. The van der Waals surface area contributed by atoms with Crippen LogP contribution in [0.4, 0.5) is 23.7 Å². The van der Waals surface area contributed by atoms with Gasteiger partial charge in [-0.25, -0.2) is 4.79 Å². The van der Waals surface area contributed by atoms with Crippen molar-refractivity contribution < 1.29 is 27.5 Å². The molecule has 2 amide bonds. The SMILES string of the molecule is COC(=O)[C@H](C)CNC(=O)Nc1cccc(CC(F)(F)F)c1. The third-order valence-corrected chi connectivity index (χ3v) is 2.76. The largest absolute Gasteiger partial charge is 0.469 e. The first-order valence-corrected chi connectivity index (χ1v) is 6.49. The Labute approximate surface area is 125 Å². The lowest BCUT2D eigenvalue weighted by Crippen LogP contribution is -2.35. The number of rotatable bonds is 5. The zero-order chi connectivity index (χ0) is 16.8. The van der Waals surface area contributed by atoms with Crippen molar-refractivity contribution in [2.24, 2.45) is 5.92 Å². The first-order valence-electron chi connectivity index (χ1n) is 6.49. The molecule has 0 fully saturated rings. The molecule has 0 unspecified atom stereocenters. The van der Waals surface area contributed by atoms with Crippen LogP contribution in [0.15, 0.2) is 24.3 Å². The van der Waals surface area contributed by atoms with Crippen molar-refractivity contribution in [1.82, 2.24) is 5.32 Å². The fourth-order valence-corrected chi connectivity index (χ4v) is 1.70. The van der Waals surface area contributed by atoms with Crippen LogP contribution in [0.5, 0.6) is 0 Å². The molecule has 122 valence electrons. The second kappa shape index (κ2) is 7.67. The summed E-state index contributed by atoms with van der Waals surface area (Å²) in [6, 6.07) is 4.86. The lowest BCUT2D eigenvalue weighted by molar-refractivity contribution is -0.144. The van der Waals surface area contributed by atoms with Crippen molar-refractivity contribution in [3.05, 3.63) is 29.8 Å². The fourth-order valence-electron chi connectivity index (χ4n) is 1.70. The monoisotopic (exact) mass is 318 g/mol. The van der Waals surface area contributed by atoms with Crippen LogP contribution in [-0.2, 0) is 16.0 Å². The molecule has 0 saturated heterocycles. The Morgan fingerprint density at radius 1 is 1.32 bits per heavy atom. The van der Waals surface area contributed by atoms with Gasteiger partial charge in [-0.05, 0) is 17.7 Å². The molecule has 0 radical (unpaired) electrons. The second-order valence-corrected chi connectivity index (χ2v) is 4.75. The summed E-state index contributed by atoms with van der Waals surface area (Å²) < 4.78 is 41.4. The number of esters is 1. The number of alkyl halides is 3. The van der Waals surface area contributed by atoms with Crippen LogP contribution in [0, 0.1) is 5.92 Å². The van der Waals surface area contributed by atoms with Crippen LogP contribution in [0.1, 0.15) is 12.5 Å². The van der Waals surface area contributed by atoms with Crippen molar-refractivity contribution in [2.75, 3.05) is 19.0 Å². The standard InChI is InChI=1S/C14H17F3N2O3/c1-9(12(20)22-2)8-18-13(21)19-11-5-3-4-10(6-11)7-14(15,16)17/h3-6,9H,7-8H2,1-2H3,(H2,18,19,21)/t9-/m1/s1. The number of carbonyl (C=O) groups excluding carboxylic acids is 2. The molecule has 0 aliphatic heterocycles. The van der Waals surface area contributed by atoms with Gasteiger partial charge < -0.3 is 15.4 Å². The minimum Gasteiger partial charge on any atom is -0.469 e. The molecule has 0 bridgehead atoms. The Morgan fingerprint density at radius 2 is 2.00 bits per heavy atom. The van der Waals surface area contributed by atoms with Crippen LogP contribution in [0.2, 0.25) is 0 Å². The molecule has 8 heteroatoms. The Bertz CT molecular complexity index is 532. The summed E-state index contributed by atoms with van der Waals surface area (Å²) in [5, 5.41) is 4.85. The molecule has 5 nitrogen and oxygen atoms in total. The predicted molar refractivity (Wildman–Crippen MR) is 74.4 cm³/mol. The van der Waals surface area contributed by atoms with Crippen LogP contribution >= 0.6 is 0 Å². The van der Waals surface area contributed by atoms with Crippen LogP contribution < -0.4 is 10.6 Å². The normalized spacial score (nSPS) is 12.4. The van der Waals surface area contributed by atoms with E-state index in [4.69, 9.17) is 0 Å². The molecular weight excluding hydrogens is 301 g/mol. The van der Waals surface area contributed by atoms with E-state index in [-0.39, 0.29) is 17.8 Å². The zero-order valence-electron chi connectivity index (χ0n) is 12.2. The first-order chi connectivity index (χ1) is 10.2. The van der Waals surface area contributed by atoms with E-state index in [0.29, 0.717) is 0 Å². The highest BCUT2D eigenvalue weighted by molar-refractivity contribution is 5.89. The number of carbonyl (C=O) groups is 2. The minimum atomic E-state index is -4.31. The molecule has 0 heterocycles. The molecule has 22 heavy (non-hydrogen) atoms. The Hall–Kier alpha value is -2.25. The number of urea groups is 1. The van der Waals surface area contributed by atoms with Gasteiger partial charge in [0, 0.05) is 12.2 Å². The number of benzene rings is 1. The van der Waals surface area contributed by atoms with Gasteiger partial charge in [0.1, 0.15) is 0 Å². The maximum Gasteiger partial charge on any atom is 0.393 e. The van der Waals surface area contributed by atoms with Crippen molar-refractivity contribution in [3.8, 4) is 0 Å². The van der Waals surface area contributed by atoms with E-state index >= 15 is 0 Å². The van der Waals surface area contributed by atoms with E-state index in [9.17, 15) is 22.8 Å². The molecule has 1 rings (SSSR count). The average molecular weight is 318 g/mol. The lowest BCUT2D eigenvalue weighted by atomic mass is 10.1. The third-order valence-electron chi connectivity index (χ3n) is 2.76. The van der Waals surface area contributed by atoms with E-state index in [1.165, 1.54) is 31.4 Å². The van der Waals surface area contributed by atoms with E-state index in [2.05, 4.69) is 15.4 Å². The second-order valence-electron chi connectivity index (χ2n) is 4.75. The molecular formula is C14H17F3N2O3. The van der Waals surface area contributed by atoms with Crippen molar-refractivity contribution in [1.29, 1.82) is 0 Å². The third kappa shape index (κ3) is 6.47. The Balaban J connectivity index is 2.54. The smallest absolute Gasteiger partial charge is 0.393 e. The van der Waals surface area contributed by atoms with E-state index in [1.54, 1.807) is 6.92 Å². The quantitative estimate of drug-likeness (QED) is 0.820. The summed E-state index contributed by atoms with van der Waals surface area (Å²) in [6.07, 6.45) is -5.37. The molecule has 1 aromatic rings. The number of amides is 2. The highest BCUT2D eigenvalue weighted by atomic mass is 19.4. The highest BCUT2D eigenvalue weighted by Gasteiger charge is 2.27. The van der Waals surface area contributed by atoms with Crippen LogP contribution in [0.25, 0.3) is 0 Å². The van der Waals surface area contributed by atoms with Crippen LogP contribution in [0.3, 0.4) is 0 Å². The van der Waals surface area contributed by atoms with Gasteiger partial charge in [-0.2, -0.15) is 13.2 Å². The first kappa shape index (κ1) is 17.8. The fraction of sp³-hybridized carbons (Fsp3) is 0.429. The molecule has 0 aromatic heterocycles. The number of methoxy groups -OCH3 is 1. The maximum absolute atomic E-state index is 12.3. The molecule has 2 N–H and O–H groups in total. The Kier molecular flexibility index (Phi) is 6.21. The van der Waals surface area contributed by atoms with E-state index < -0.39 is 30.5 Å². The van der Waals surface area contributed by atoms with Gasteiger partial charge in [-0.3, -0.25) is 4.79 Å². The van der Waals surface area contributed by atoms with Gasteiger partial charge in [0.25, 0.3) is 0 Å². The number of ether oxygens (including phenoxy) is 1. The number of anilines is 1. The number of halogens is 3. The molecule has 0 spiro atoms. The topological polar surface area (TPSA) is 67.4 Å². The maximum atomic E-state index is 12.3. The molecule has 0 aliphatic rings. The summed E-state index contributed by atoms with van der Waals surface area (Å²) in [4.78, 5) is 22.8. The zero-order valence-corrected chi connectivity index (χ0v) is 12.2. The highest BCUT2D eigenvalue weighted by Crippen LogP contribution is 2.22. The molecule has 1 atom stereocenters. The molecule has 0 aliphatic carbocycles. The van der Waals surface area contributed by atoms with Crippen molar-refractivity contribution >= 4 is 17.7 Å². The van der Waals surface area contributed by atoms with E-state index in [1.807, 2.05) is 0 Å². The van der Waals surface area contributed by atoms with Gasteiger partial charge >= 0.3 is 18.2 Å². The number of hydrogen-bond acceptors (Lipinski definition) is 3. The summed E-state index contributed by atoms with van der Waals surface area (Å²) in [6.45, 7) is 1.64. The molecule has 1 aromatic carbocycles. The van der Waals surface area contributed by atoms with Crippen molar-refractivity contribution in [2.45, 2.75) is 19.5 Å². The summed E-state index contributed by atoms with van der Waals surface area (Å²) in [5.41, 5.74) is 0.290. The summed E-state index contributed by atoms with van der Waals surface area (Å²) in [5.74, 6) is -0.986.